The van der Waals surface area contributed by atoms with Crippen molar-refractivity contribution in [1.82, 2.24) is 0 Å². The number of carbonyl (C=O) groups excluding carboxylic acids is 1. The van der Waals surface area contributed by atoms with E-state index in [-0.39, 0.29) is 17.6 Å². The molecule has 1 aromatic carbocycles. The van der Waals surface area contributed by atoms with E-state index in [1.165, 1.54) is 6.07 Å². The molecule has 0 amide bonds. The Hall–Kier alpha value is -2.04. The van der Waals surface area contributed by atoms with E-state index >= 15 is 0 Å². The van der Waals surface area contributed by atoms with E-state index in [1.807, 2.05) is 0 Å². The summed E-state index contributed by atoms with van der Waals surface area (Å²) in [5, 5.41) is 8.92. The summed E-state index contributed by atoms with van der Waals surface area (Å²) in [5.41, 5.74) is 1.14. The van der Waals surface area contributed by atoms with Crippen LogP contribution >= 0.6 is 0 Å². The van der Waals surface area contributed by atoms with Gasteiger partial charge in [0.05, 0.1) is 12.2 Å². The summed E-state index contributed by atoms with van der Waals surface area (Å²) in [7, 11) is 0. The summed E-state index contributed by atoms with van der Waals surface area (Å²) in [4.78, 5) is 22.1. The standard InChI is InChI=1S/C14H16O5/c1-2-18-13(15)6-4-11-8-10-7-9(14(16)17)3-5-12(10)19-11/h3,5,7,11H,2,4,6,8H2,1H3,(H,16,17). The molecule has 0 aromatic heterocycles. The number of hydrogen-bond donors (Lipinski definition) is 1. The number of fused-ring (bicyclic) bond motifs is 1. The molecule has 19 heavy (non-hydrogen) atoms. The third-order valence-electron chi connectivity index (χ3n) is 3.02. The minimum absolute atomic E-state index is 0.0801. The largest absolute Gasteiger partial charge is 0.490 e. The number of benzene rings is 1. The summed E-state index contributed by atoms with van der Waals surface area (Å²) in [5.74, 6) is -0.468. The molecule has 1 unspecified atom stereocenters. The number of esters is 1. The predicted molar refractivity (Wildman–Crippen MR) is 67.4 cm³/mol. The highest BCUT2D eigenvalue weighted by molar-refractivity contribution is 5.88. The lowest BCUT2D eigenvalue weighted by Gasteiger charge is -2.09. The summed E-state index contributed by atoms with van der Waals surface area (Å²) >= 11 is 0. The second-order valence-corrected chi connectivity index (χ2v) is 4.42. The van der Waals surface area contributed by atoms with Crippen LogP contribution in [0.25, 0.3) is 0 Å². The SMILES string of the molecule is CCOC(=O)CCC1Cc2cc(C(=O)O)ccc2O1. The Balaban J connectivity index is 1.93. The average Bonchev–Trinajstić information content (AvgIpc) is 2.78. The van der Waals surface area contributed by atoms with Gasteiger partial charge in [0.1, 0.15) is 11.9 Å². The van der Waals surface area contributed by atoms with E-state index < -0.39 is 5.97 Å². The molecule has 0 fully saturated rings. The molecule has 102 valence electrons. The van der Waals surface area contributed by atoms with Crippen LogP contribution in [-0.4, -0.2) is 29.8 Å². The van der Waals surface area contributed by atoms with Gasteiger partial charge < -0.3 is 14.6 Å². The molecule has 1 heterocycles. The molecule has 0 bridgehead atoms. The number of aromatic carboxylic acids is 1. The molecule has 0 saturated heterocycles. The van der Waals surface area contributed by atoms with Gasteiger partial charge in [-0.25, -0.2) is 4.79 Å². The molecular weight excluding hydrogens is 248 g/mol. The average molecular weight is 264 g/mol. The van der Waals surface area contributed by atoms with Crippen molar-refractivity contribution in [3.63, 3.8) is 0 Å². The number of hydrogen-bond acceptors (Lipinski definition) is 4. The molecular formula is C14H16O5. The Labute approximate surface area is 111 Å². The molecule has 5 heteroatoms. The van der Waals surface area contributed by atoms with Gasteiger partial charge in [-0.1, -0.05) is 0 Å². The van der Waals surface area contributed by atoms with Crippen LogP contribution in [0.1, 0.15) is 35.7 Å². The van der Waals surface area contributed by atoms with E-state index in [2.05, 4.69) is 0 Å². The number of rotatable bonds is 5. The zero-order valence-corrected chi connectivity index (χ0v) is 10.7. The minimum Gasteiger partial charge on any atom is -0.490 e. The van der Waals surface area contributed by atoms with Crippen LogP contribution in [0.15, 0.2) is 18.2 Å². The van der Waals surface area contributed by atoms with Crippen molar-refractivity contribution in [1.29, 1.82) is 0 Å². The molecule has 0 saturated carbocycles. The van der Waals surface area contributed by atoms with Gasteiger partial charge in [-0.05, 0) is 37.1 Å². The highest BCUT2D eigenvalue weighted by atomic mass is 16.5. The maximum absolute atomic E-state index is 11.3. The number of carbonyl (C=O) groups is 2. The third-order valence-corrected chi connectivity index (χ3v) is 3.02. The first-order valence-corrected chi connectivity index (χ1v) is 6.28. The summed E-state index contributed by atoms with van der Waals surface area (Å²) in [6.07, 6.45) is 1.45. The second kappa shape index (κ2) is 5.73. The van der Waals surface area contributed by atoms with Crippen LogP contribution in [0.2, 0.25) is 0 Å². The van der Waals surface area contributed by atoms with Crippen LogP contribution in [0, 0.1) is 0 Å². The first-order valence-electron chi connectivity index (χ1n) is 6.28. The highest BCUT2D eigenvalue weighted by Gasteiger charge is 2.24. The van der Waals surface area contributed by atoms with E-state index in [0.717, 1.165) is 5.56 Å². The summed E-state index contributed by atoms with van der Waals surface area (Å²) in [6, 6.07) is 4.82. The maximum Gasteiger partial charge on any atom is 0.335 e. The van der Waals surface area contributed by atoms with Crippen molar-refractivity contribution in [3.05, 3.63) is 29.3 Å². The van der Waals surface area contributed by atoms with Gasteiger partial charge in [0, 0.05) is 12.8 Å². The quantitative estimate of drug-likeness (QED) is 0.824. The zero-order valence-electron chi connectivity index (χ0n) is 10.7. The third kappa shape index (κ3) is 3.24. The first-order chi connectivity index (χ1) is 9.10. The molecule has 1 aromatic rings. The van der Waals surface area contributed by atoms with Crippen molar-refractivity contribution in [3.8, 4) is 5.75 Å². The van der Waals surface area contributed by atoms with E-state index in [0.29, 0.717) is 31.6 Å². The zero-order chi connectivity index (χ0) is 13.8. The number of ether oxygens (including phenoxy) is 2. The summed E-state index contributed by atoms with van der Waals surface area (Å²) in [6.45, 7) is 2.15. The normalized spacial score (nSPS) is 16.6. The monoisotopic (exact) mass is 264 g/mol. The van der Waals surface area contributed by atoms with Crippen LogP contribution in [0.4, 0.5) is 0 Å². The van der Waals surface area contributed by atoms with Crippen LogP contribution < -0.4 is 4.74 Å². The molecule has 1 N–H and O–H groups in total. The maximum atomic E-state index is 11.3. The van der Waals surface area contributed by atoms with E-state index in [1.54, 1.807) is 19.1 Å². The summed E-state index contributed by atoms with van der Waals surface area (Å²) < 4.78 is 10.5. The molecule has 1 aliphatic rings. The molecule has 1 aliphatic heterocycles. The fraction of sp³-hybridized carbons (Fsp3) is 0.429. The Morgan fingerprint density at radius 2 is 2.26 bits per heavy atom. The fourth-order valence-electron chi connectivity index (χ4n) is 2.13. The minimum atomic E-state index is -0.947. The van der Waals surface area contributed by atoms with Gasteiger partial charge >= 0.3 is 11.9 Å². The lowest BCUT2D eigenvalue weighted by molar-refractivity contribution is -0.143. The van der Waals surface area contributed by atoms with Gasteiger partial charge in [-0.2, -0.15) is 0 Å². The van der Waals surface area contributed by atoms with E-state index in [4.69, 9.17) is 14.6 Å². The number of carboxylic acids is 1. The van der Waals surface area contributed by atoms with Crippen molar-refractivity contribution >= 4 is 11.9 Å². The van der Waals surface area contributed by atoms with E-state index in [9.17, 15) is 9.59 Å². The molecule has 0 spiro atoms. The van der Waals surface area contributed by atoms with Crippen LogP contribution in [0.3, 0.4) is 0 Å². The topological polar surface area (TPSA) is 72.8 Å². The number of carboxylic acid groups (broad SMARTS) is 1. The Bertz CT molecular complexity index is 495. The van der Waals surface area contributed by atoms with Gasteiger partial charge in [0.25, 0.3) is 0 Å². The van der Waals surface area contributed by atoms with Gasteiger partial charge in [0.2, 0.25) is 0 Å². The lowest BCUT2D eigenvalue weighted by atomic mass is 10.0. The molecule has 1 atom stereocenters. The smallest absolute Gasteiger partial charge is 0.335 e. The van der Waals surface area contributed by atoms with Gasteiger partial charge in [-0.15, -0.1) is 0 Å². The Morgan fingerprint density at radius 1 is 1.47 bits per heavy atom. The molecule has 0 aliphatic carbocycles. The van der Waals surface area contributed by atoms with Gasteiger partial charge in [-0.3, -0.25) is 4.79 Å². The van der Waals surface area contributed by atoms with Gasteiger partial charge in [0.15, 0.2) is 0 Å². The Morgan fingerprint density at radius 3 is 2.95 bits per heavy atom. The Kier molecular flexibility index (Phi) is 4.04. The van der Waals surface area contributed by atoms with Crippen molar-refractivity contribution in [2.24, 2.45) is 0 Å². The van der Waals surface area contributed by atoms with Crippen molar-refractivity contribution in [2.45, 2.75) is 32.3 Å². The van der Waals surface area contributed by atoms with Crippen molar-refractivity contribution in [2.75, 3.05) is 6.61 Å². The molecule has 5 nitrogen and oxygen atoms in total. The van der Waals surface area contributed by atoms with Crippen LogP contribution in [-0.2, 0) is 16.0 Å². The van der Waals surface area contributed by atoms with Crippen LogP contribution in [0.5, 0.6) is 5.75 Å². The van der Waals surface area contributed by atoms with Crippen molar-refractivity contribution < 1.29 is 24.2 Å². The predicted octanol–water partition coefficient (Wildman–Crippen LogP) is 2.03. The fourth-order valence-corrected chi connectivity index (χ4v) is 2.13. The molecule has 2 rings (SSSR count). The lowest BCUT2D eigenvalue weighted by Crippen LogP contribution is -2.15. The first kappa shape index (κ1) is 13.4. The molecule has 0 radical (unpaired) electrons. The highest BCUT2D eigenvalue weighted by Crippen LogP contribution is 2.31. The second-order valence-electron chi connectivity index (χ2n) is 4.42.